The molecule has 0 unspecified atom stereocenters. The van der Waals surface area contributed by atoms with Gasteiger partial charge in [0.25, 0.3) is 6.33 Å². The third-order valence-corrected chi connectivity index (χ3v) is 9.16. The van der Waals surface area contributed by atoms with Crippen LogP contribution in [0.1, 0.15) is 70.6 Å². The summed E-state index contributed by atoms with van der Waals surface area (Å²) in [5, 5.41) is 1.99. The van der Waals surface area contributed by atoms with Crippen molar-refractivity contribution < 1.29 is 35.9 Å². The monoisotopic (exact) mass is 894 g/mol. The Morgan fingerprint density at radius 2 is 1.48 bits per heavy atom. The zero-order valence-electron chi connectivity index (χ0n) is 35.5. The molecule has 0 atom stereocenters. The number of hydrogen-bond donors (Lipinski definition) is 0. The van der Waals surface area contributed by atoms with E-state index >= 15 is 0 Å². The van der Waals surface area contributed by atoms with Crippen LogP contribution in [0.15, 0.2) is 109 Å². The Labute approximate surface area is 338 Å². The third kappa shape index (κ3) is 7.37. The molecule has 0 N–H and O–H groups in total. The fourth-order valence-electron chi connectivity index (χ4n) is 6.78. The van der Waals surface area contributed by atoms with Crippen molar-refractivity contribution >= 4 is 32.8 Å². The number of benzene rings is 4. The number of pyridine rings is 2. The number of para-hydroxylation sites is 1. The molecule has 6 nitrogen and oxygen atoms in total. The molecule has 54 heavy (non-hydrogen) atoms. The van der Waals surface area contributed by atoms with Crippen molar-refractivity contribution in [3.8, 4) is 28.8 Å². The molecule has 8 aromatic rings. The SMILES string of the molecule is [2H]C([2H])(c1cccc(-[n+]2[c-]n(-c3[c-]c(Oc4[c-]c5c(cc4)c4ccccc4n5-c4cc(C([2H])([2H])C(C)C)ccn4)ccn3)c3ccc(C(C)(C)C)cc32)c1)C(C)C.[Pt]. The summed E-state index contributed by atoms with van der Waals surface area (Å²) < 4.78 is 47.4. The van der Waals surface area contributed by atoms with E-state index in [0.717, 1.165) is 44.1 Å². The second-order valence-electron chi connectivity index (χ2n) is 15.1. The molecule has 4 aromatic carbocycles. The first-order valence-corrected chi connectivity index (χ1v) is 18.1. The van der Waals surface area contributed by atoms with Gasteiger partial charge in [0.15, 0.2) is 0 Å². The van der Waals surface area contributed by atoms with E-state index in [1.165, 1.54) is 0 Å². The van der Waals surface area contributed by atoms with Gasteiger partial charge in [-0.3, -0.25) is 14.1 Å². The van der Waals surface area contributed by atoms with Gasteiger partial charge in [-0.15, -0.1) is 17.5 Å². The second-order valence-corrected chi connectivity index (χ2v) is 15.1. The maximum Gasteiger partial charge on any atom is 0.269 e. The van der Waals surface area contributed by atoms with Gasteiger partial charge in [0.05, 0.1) is 22.5 Å². The summed E-state index contributed by atoms with van der Waals surface area (Å²) in [5.74, 6) is 1.55. The Morgan fingerprint density at radius 1 is 0.741 bits per heavy atom. The molecule has 0 aliphatic carbocycles. The summed E-state index contributed by atoms with van der Waals surface area (Å²) >= 11 is 0. The zero-order valence-corrected chi connectivity index (χ0v) is 33.8. The number of nitrogens with zero attached hydrogens (tertiary/aromatic N) is 5. The van der Waals surface area contributed by atoms with Gasteiger partial charge in [0, 0.05) is 44.0 Å². The summed E-state index contributed by atoms with van der Waals surface area (Å²) in [5.41, 5.74) is 6.45. The summed E-state index contributed by atoms with van der Waals surface area (Å²) in [6.45, 7) is 14.1. The van der Waals surface area contributed by atoms with Crippen LogP contribution in [0, 0.1) is 30.3 Å². The molecule has 0 aliphatic rings. The van der Waals surface area contributed by atoms with Crippen molar-refractivity contribution in [2.75, 3.05) is 0 Å². The first kappa shape index (κ1) is 32.4. The molecule has 0 saturated heterocycles. The van der Waals surface area contributed by atoms with Gasteiger partial charge >= 0.3 is 0 Å². The first-order valence-electron chi connectivity index (χ1n) is 20.1. The van der Waals surface area contributed by atoms with E-state index in [0.29, 0.717) is 34.3 Å². The first-order chi connectivity index (χ1) is 27.0. The number of rotatable bonds is 9. The molecule has 276 valence electrons. The molecule has 0 saturated carbocycles. The summed E-state index contributed by atoms with van der Waals surface area (Å²) in [6, 6.07) is 38.1. The van der Waals surface area contributed by atoms with Crippen molar-refractivity contribution in [2.45, 2.75) is 66.6 Å². The average molecular weight is 895 g/mol. The largest absolute Gasteiger partial charge is 0.522 e. The van der Waals surface area contributed by atoms with E-state index in [2.05, 4.69) is 63.5 Å². The fourth-order valence-corrected chi connectivity index (χ4v) is 6.78. The molecule has 0 fully saturated rings. The Kier molecular flexibility index (Phi) is 8.99. The van der Waals surface area contributed by atoms with Crippen LogP contribution < -0.4 is 9.30 Å². The molecule has 8 rings (SSSR count). The van der Waals surface area contributed by atoms with Crippen LogP contribution in [0.2, 0.25) is 0 Å². The molecule has 4 heterocycles. The van der Waals surface area contributed by atoms with E-state index in [-0.39, 0.29) is 38.3 Å². The molecular formula is C47H45N5OPt-2. The standard InChI is InChI=1S/C47H45N5O.Pt/c1-31(2)23-33-11-10-12-36(25-33)50-30-51(42-18-15-35(27-44(42)50)47(5,6)7)45-29-38(20-22-48-45)53-37-16-17-40-39-13-8-9-14-41(39)52(43(40)28-37)46-26-34(19-21-49-46)24-32(3)4;/h8-22,25-27,31-32H,23-24H2,1-7H3;/q-2;/i23D2,24D2;. The molecule has 0 radical (unpaired) electrons. The number of aromatic nitrogens is 5. The molecule has 7 heteroatoms. The average Bonchev–Trinajstić information content (AvgIpc) is 3.73. The summed E-state index contributed by atoms with van der Waals surface area (Å²) in [4.78, 5) is 9.40. The maximum absolute atomic E-state index is 8.78. The number of fused-ring (bicyclic) bond motifs is 4. The normalized spacial score (nSPS) is 13.6. The van der Waals surface area contributed by atoms with Gasteiger partial charge in [-0.2, -0.15) is 18.2 Å². The van der Waals surface area contributed by atoms with Crippen LogP contribution in [-0.4, -0.2) is 19.1 Å². The minimum atomic E-state index is -1.53. The quantitative estimate of drug-likeness (QED) is 0.107. The second kappa shape index (κ2) is 15.0. The topological polar surface area (TPSA) is 48.8 Å². The Balaban J connectivity index is 0.00000512. The summed E-state index contributed by atoms with van der Waals surface area (Å²) in [7, 11) is 0. The predicted octanol–water partition coefficient (Wildman–Crippen LogP) is 10.7. The van der Waals surface area contributed by atoms with Crippen molar-refractivity contribution in [1.82, 2.24) is 19.1 Å². The molecule has 0 bridgehead atoms. The number of imidazole rings is 1. The summed E-state index contributed by atoms with van der Waals surface area (Å²) in [6.07, 6.45) is 3.80. The van der Waals surface area contributed by atoms with Crippen molar-refractivity contribution in [1.29, 1.82) is 0 Å². The van der Waals surface area contributed by atoms with Crippen LogP contribution in [-0.2, 0) is 39.2 Å². The number of ether oxygens (including phenoxy) is 1. The molecule has 0 spiro atoms. The van der Waals surface area contributed by atoms with Crippen molar-refractivity contribution in [2.24, 2.45) is 11.8 Å². The van der Waals surface area contributed by atoms with Crippen LogP contribution in [0.5, 0.6) is 11.5 Å². The maximum atomic E-state index is 8.78. The van der Waals surface area contributed by atoms with Gasteiger partial charge in [0.1, 0.15) is 5.82 Å². The van der Waals surface area contributed by atoms with Crippen molar-refractivity contribution in [3.05, 3.63) is 145 Å². The molecular weight excluding hydrogens is 846 g/mol. The van der Waals surface area contributed by atoms with Gasteiger partial charge in [-0.25, -0.2) is 4.98 Å². The Morgan fingerprint density at radius 3 is 2.26 bits per heavy atom. The van der Waals surface area contributed by atoms with Crippen molar-refractivity contribution in [3.63, 3.8) is 0 Å². The smallest absolute Gasteiger partial charge is 0.269 e. The molecule has 0 amide bonds. The predicted molar refractivity (Wildman–Crippen MR) is 214 cm³/mol. The zero-order chi connectivity index (χ0) is 40.4. The van der Waals surface area contributed by atoms with E-state index < -0.39 is 12.7 Å². The fraction of sp³-hybridized carbons (Fsp3) is 0.255. The van der Waals surface area contributed by atoms with Crippen LogP contribution in [0.25, 0.3) is 50.2 Å². The van der Waals surface area contributed by atoms with Crippen LogP contribution >= 0.6 is 0 Å². The minimum absolute atomic E-state index is 0. The van der Waals surface area contributed by atoms with E-state index in [4.69, 9.17) is 20.2 Å². The number of hydrogen-bond acceptors (Lipinski definition) is 3. The Hall–Kier alpha value is -5.06. The van der Waals surface area contributed by atoms with Gasteiger partial charge in [-0.05, 0) is 88.7 Å². The van der Waals surface area contributed by atoms with E-state index in [1.54, 1.807) is 24.5 Å². The van der Waals surface area contributed by atoms with Gasteiger partial charge in [-0.1, -0.05) is 108 Å². The van der Waals surface area contributed by atoms with E-state index in [9.17, 15) is 0 Å². The Bertz CT molecular complexity index is 2800. The third-order valence-electron chi connectivity index (χ3n) is 9.16. The van der Waals surface area contributed by atoms with Gasteiger partial charge < -0.3 is 9.30 Å². The van der Waals surface area contributed by atoms with Gasteiger partial charge in [0.2, 0.25) is 0 Å². The van der Waals surface area contributed by atoms with Crippen LogP contribution in [0.4, 0.5) is 0 Å². The van der Waals surface area contributed by atoms with Crippen LogP contribution in [0.3, 0.4) is 0 Å². The van der Waals surface area contributed by atoms with E-state index in [1.807, 2.05) is 102 Å². The molecule has 0 aliphatic heterocycles. The molecule has 4 aromatic heterocycles. The minimum Gasteiger partial charge on any atom is -0.522 e.